The molecule has 2 aliphatic rings. The van der Waals surface area contributed by atoms with Gasteiger partial charge in [0.1, 0.15) is 0 Å². The number of anilines is 1. The Hall–Kier alpha value is -2.31. The Morgan fingerprint density at radius 2 is 1.53 bits per heavy atom. The number of para-hydroxylation sites is 1. The zero-order valence-electron chi connectivity index (χ0n) is 20.1. The van der Waals surface area contributed by atoms with Crippen molar-refractivity contribution in [2.24, 2.45) is 0 Å². The number of sulfonamides is 2. The van der Waals surface area contributed by atoms with E-state index in [1.807, 2.05) is 6.07 Å². The Balaban J connectivity index is 1.50. The number of benzene rings is 2. The summed E-state index contributed by atoms with van der Waals surface area (Å²) in [6, 6.07) is 13.9. The van der Waals surface area contributed by atoms with Gasteiger partial charge < -0.3 is 10.1 Å². The fraction of sp³-hybridized carbons (Fsp3) is 0.480. The summed E-state index contributed by atoms with van der Waals surface area (Å²) < 4.78 is 62.1. The lowest BCUT2D eigenvalue weighted by Crippen LogP contribution is -2.42. The predicted molar refractivity (Wildman–Crippen MR) is 136 cm³/mol. The Labute approximate surface area is 213 Å². The molecule has 0 aromatic heterocycles. The van der Waals surface area contributed by atoms with Crippen molar-refractivity contribution in [2.45, 2.75) is 66.9 Å². The third-order valence-electron chi connectivity index (χ3n) is 6.51. The van der Waals surface area contributed by atoms with Gasteiger partial charge in [-0.1, -0.05) is 37.5 Å². The monoisotopic (exact) mass is 535 g/mol. The smallest absolute Gasteiger partial charge is 0.243 e. The first kappa shape index (κ1) is 26.7. The van der Waals surface area contributed by atoms with Crippen LogP contribution in [0.15, 0.2) is 64.4 Å². The quantitative estimate of drug-likeness (QED) is 0.482. The number of ether oxygens (including phenoxy) is 1. The van der Waals surface area contributed by atoms with E-state index in [0.29, 0.717) is 18.7 Å². The molecule has 1 aliphatic heterocycles. The van der Waals surface area contributed by atoms with E-state index in [2.05, 4.69) is 10.0 Å². The van der Waals surface area contributed by atoms with E-state index < -0.39 is 26.0 Å². The number of carbonyl (C=O) groups is 1. The lowest BCUT2D eigenvalue weighted by atomic mass is 9.96. The Morgan fingerprint density at radius 3 is 2.17 bits per heavy atom. The van der Waals surface area contributed by atoms with Crippen molar-refractivity contribution in [2.75, 3.05) is 25.0 Å². The van der Waals surface area contributed by atoms with Crippen molar-refractivity contribution < 1.29 is 26.4 Å². The lowest BCUT2D eigenvalue weighted by molar-refractivity contribution is -0.116. The van der Waals surface area contributed by atoms with Gasteiger partial charge in [-0.15, -0.1) is 0 Å². The van der Waals surface area contributed by atoms with Crippen LogP contribution in [-0.4, -0.2) is 58.9 Å². The minimum Gasteiger partial charge on any atom is -0.377 e. The molecule has 0 radical (unpaired) electrons. The molecule has 1 aliphatic carbocycles. The zero-order chi connectivity index (χ0) is 25.6. The summed E-state index contributed by atoms with van der Waals surface area (Å²) >= 11 is 0. The molecule has 4 rings (SSSR count). The largest absolute Gasteiger partial charge is 0.377 e. The summed E-state index contributed by atoms with van der Waals surface area (Å²) in [5.74, 6) is -0.473. The van der Waals surface area contributed by atoms with Gasteiger partial charge in [0.05, 0.1) is 22.4 Å². The second-order valence-electron chi connectivity index (χ2n) is 9.27. The van der Waals surface area contributed by atoms with E-state index >= 15 is 0 Å². The first-order chi connectivity index (χ1) is 17.2. The topological polar surface area (TPSA) is 122 Å². The lowest BCUT2D eigenvalue weighted by Gasteiger charge is -2.25. The Morgan fingerprint density at radius 1 is 0.861 bits per heavy atom. The van der Waals surface area contributed by atoms with Crippen LogP contribution >= 0.6 is 0 Å². The first-order valence-electron chi connectivity index (χ1n) is 12.3. The maximum absolute atomic E-state index is 13.5. The highest BCUT2D eigenvalue weighted by Crippen LogP contribution is 2.23. The van der Waals surface area contributed by atoms with Gasteiger partial charge in [-0.25, -0.2) is 21.6 Å². The van der Waals surface area contributed by atoms with Crippen molar-refractivity contribution in [3.63, 3.8) is 0 Å². The SMILES string of the molecule is O=C(CN(C[C@@H]1CCCO1)S(=O)(=O)c1ccc(S(=O)(=O)NC2CCCCC2)cc1)Nc1ccccc1. The summed E-state index contributed by atoms with van der Waals surface area (Å²) in [6.45, 7) is 0.198. The van der Waals surface area contributed by atoms with E-state index in [4.69, 9.17) is 4.74 Å². The van der Waals surface area contributed by atoms with Crippen molar-refractivity contribution in [3.8, 4) is 0 Å². The van der Waals surface area contributed by atoms with E-state index in [-0.39, 0.29) is 35.0 Å². The summed E-state index contributed by atoms with van der Waals surface area (Å²) in [5, 5.41) is 2.72. The number of nitrogens with zero attached hydrogens (tertiary/aromatic N) is 1. The van der Waals surface area contributed by atoms with Gasteiger partial charge in [0.15, 0.2) is 0 Å². The van der Waals surface area contributed by atoms with Crippen LogP contribution in [0.2, 0.25) is 0 Å². The van der Waals surface area contributed by atoms with Crippen molar-refractivity contribution in [1.29, 1.82) is 0 Å². The van der Waals surface area contributed by atoms with Crippen LogP contribution in [0.4, 0.5) is 5.69 Å². The summed E-state index contributed by atoms with van der Waals surface area (Å²) in [4.78, 5) is 12.6. The van der Waals surface area contributed by atoms with E-state index in [1.54, 1.807) is 24.3 Å². The molecule has 1 amide bonds. The predicted octanol–water partition coefficient (Wildman–Crippen LogP) is 3.11. The van der Waals surface area contributed by atoms with Crippen LogP contribution < -0.4 is 10.0 Å². The summed E-state index contributed by atoms with van der Waals surface area (Å²) in [5.41, 5.74) is 0.567. The van der Waals surface area contributed by atoms with Gasteiger partial charge in [0.25, 0.3) is 0 Å². The average Bonchev–Trinajstić information content (AvgIpc) is 3.38. The van der Waals surface area contributed by atoms with Gasteiger partial charge in [-0.2, -0.15) is 4.31 Å². The molecule has 1 saturated heterocycles. The number of hydrogen-bond acceptors (Lipinski definition) is 6. The number of hydrogen-bond donors (Lipinski definition) is 2. The van der Waals surface area contributed by atoms with Gasteiger partial charge in [0.2, 0.25) is 26.0 Å². The van der Waals surface area contributed by atoms with Gasteiger partial charge in [-0.3, -0.25) is 4.79 Å². The number of amides is 1. The number of carbonyl (C=O) groups excluding carboxylic acids is 1. The Bertz CT molecular complexity index is 1220. The first-order valence-corrected chi connectivity index (χ1v) is 15.3. The van der Waals surface area contributed by atoms with Gasteiger partial charge >= 0.3 is 0 Å². The second-order valence-corrected chi connectivity index (χ2v) is 12.9. The molecule has 1 heterocycles. The normalized spacial score (nSPS) is 19.4. The summed E-state index contributed by atoms with van der Waals surface area (Å²) in [7, 11) is -7.85. The third-order valence-corrected chi connectivity index (χ3v) is 9.87. The second kappa shape index (κ2) is 11.8. The highest BCUT2D eigenvalue weighted by Gasteiger charge is 2.31. The summed E-state index contributed by atoms with van der Waals surface area (Å²) in [6.07, 6.45) is 5.92. The molecule has 0 unspecified atom stereocenters. The molecular weight excluding hydrogens is 502 g/mol. The molecule has 1 saturated carbocycles. The molecule has 36 heavy (non-hydrogen) atoms. The molecule has 9 nitrogen and oxygen atoms in total. The van der Waals surface area contributed by atoms with Crippen LogP contribution in [-0.2, 0) is 29.6 Å². The van der Waals surface area contributed by atoms with Crippen molar-refractivity contribution in [3.05, 3.63) is 54.6 Å². The molecule has 2 fully saturated rings. The zero-order valence-corrected chi connectivity index (χ0v) is 21.8. The molecular formula is C25H33N3O6S2. The van der Waals surface area contributed by atoms with Crippen LogP contribution in [0.3, 0.4) is 0 Å². The van der Waals surface area contributed by atoms with Gasteiger partial charge in [0, 0.05) is 24.9 Å². The average molecular weight is 536 g/mol. The molecule has 1 atom stereocenters. The van der Waals surface area contributed by atoms with E-state index in [1.165, 1.54) is 24.3 Å². The van der Waals surface area contributed by atoms with Crippen LogP contribution in [0.5, 0.6) is 0 Å². The standard InChI is InChI=1S/C25H33N3O6S2/c29-25(26-20-8-3-1-4-9-20)19-28(18-22-12-7-17-34-22)36(32,33)24-15-13-23(14-16-24)35(30,31)27-21-10-5-2-6-11-21/h1,3-4,8-9,13-16,21-22,27H,2,5-7,10-12,17-19H2,(H,26,29)/t22-/m0/s1. The highest BCUT2D eigenvalue weighted by atomic mass is 32.2. The van der Waals surface area contributed by atoms with E-state index in [0.717, 1.165) is 42.8 Å². The van der Waals surface area contributed by atoms with Crippen LogP contribution in [0.1, 0.15) is 44.9 Å². The van der Waals surface area contributed by atoms with Crippen molar-refractivity contribution in [1.82, 2.24) is 9.03 Å². The third kappa shape index (κ3) is 6.92. The molecule has 2 aromatic rings. The van der Waals surface area contributed by atoms with Crippen LogP contribution in [0.25, 0.3) is 0 Å². The van der Waals surface area contributed by atoms with Crippen LogP contribution in [0, 0.1) is 0 Å². The van der Waals surface area contributed by atoms with Gasteiger partial charge in [-0.05, 0) is 62.1 Å². The molecule has 2 N–H and O–H groups in total. The fourth-order valence-electron chi connectivity index (χ4n) is 4.59. The van der Waals surface area contributed by atoms with E-state index in [9.17, 15) is 21.6 Å². The molecule has 0 bridgehead atoms. The van der Waals surface area contributed by atoms with Crippen molar-refractivity contribution >= 4 is 31.6 Å². The molecule has 0 spiro atoms. The Kier molecular flexibility index (Phi) is 8.78. The minimum absolute atomic E-state index is 0.0134. The fourth-order valence-corrected chi connectivity index (χ4v) is 7.33. The maximum atomic E-state index is 13.5. The highest BCUT2D eigenvalue weighted by molar-refractivity contribution is 7.89. The molecule has 11 heteroatoms. The number of rotatable bonds is 10. The number of nitrogens with one attached hydrogen (secondary N) is 2. The molecule has 196 valence electrons. The maximum Gasteiger partial charge on any atom is 0.243 e. The minimum atomic E-state index is -4.09. The molecule has 2 aromatic carbocycles.